The SMILES string of the molecule is Fc1ccc(-c2ccc3cc(-c4ccc(-c5ccncc5)nc4)cnc3c2)cc1. The topological polar surface area (TPSA) is 38.7 Å². The van der Waals surface area contributed by atoms with Crippen LogP contribution in [0.1, 0.15) is 0 Å². The molecule has 5 aromatic rings. The van der Waals surface area contributed by atoms with E-state index in [1.54, 1.807) is 24.5 Å². The van der Waals surface area contributed by atoms with Crippen molar-refractivity contribution in [2.75, 3.05) is 0 Å². The molecule has 5 rings (SSSR count). The summed E-state index contributed by atoms with van der Waals surface area (Å²) in [6.45, 7) is 0. The molecule has 0 atom stereocenters. The first-order valence-electron chi connectivity index (χ1n) is 9.29. The summed E-state index contributed by atoms with van der Waals surface area (Å²) in [7, 11) is 0. The second kappa shape index (κ2) is 7.24. The van der Waals surface area contributed by atoms with Crippen molar-refractivity contribution in [1.82, 2.24) is 15.0 Å². The minimum Gasteiger partial charge on any atom is -0.265 e. The van der Waals surface area contributed by atoms with Gasteiger partial charge in [0.1, 0.15) is 5.82 Å². The number of hydrogen-bond donors (Lipinski definition) is 0. The molecule has 0 spiro atoms. The van der Waals surface area contributed by atoms with Crippen LogP contribution in [0.15, 0.2) is 97.6 Å². The highest BCUT2D eigenvalue weighted by atomic mass is 19.1. The summed E-state index contributed by atoms with van der Waals surface area (Å²) >= 11 is 0. The Morgan fingerprint density at radius 1 is 0.552 bits per heavy atom. The van der Waals surface area contributed by atoms with Gasteiger partial charge in [-0.25, -0.2) is 4.39 Å². The van der Waals surface area contributed by atoms with Gasteiger partial charge in [0.15, 0.2) is 0 Å². The van der Waals surface area contributed by atoms with Gasteiger partial charge in [0.05, 0.1) is 11.2 Å². The van der Waals surface area contributed by atoms with Crippen molar-refractivity contribution in [3.05, 3.63) is 103 Å². The molecular formula is C25H16FN3. The monoisotopic (exact) mass is 377 g/mol. The maximum absolute atomic E-state index is 13.2. The van der Waals surface area contributed by atoms with Crippen LogP contribution in [0.3, 0.4) is 0 Å². The highest BCUT2D eigenvalue weighted by Crippen LogP contribution is 2.27. The van der Waals surface area contributed by atoms with Crippen molar-refractivity contribution in [1.29, 1.82) is 0 Å². The first kappa shape index (κ1) is 17.2. The van der Waals surface area contributed by atoms with Gasteiger partial charge in [-0.2, -0.15) is 0 Å². The van der Waals surface area contributed by atoms with Crippen LogP contribution in [0.4, 0.5) is 4.39 Å². The average Bonchev–Trinajstić information content (AvgIpc) is 2.80. The average molecular weight is 377 g/mol. The maximum atomic E-state index is 13.2. The van der Waals surface area contributed by atoms with Crippen molar-refractivity contribution in [3.8, 4) is 33.5 Å². The minimum absolute atomic E-state index is 0.235. The third-order valence-corrected chi connectivity index (χ3v) is 4.93. The summed E-state index contributed by atoms with van der Waals surface area (Å²) in [4.78, 5) is 13.3. The molecule has 0 N–H and O–H groups in total. The Hall–Kier alpha value is -3.92. The van der Waals surface area contributed by atoms with Crippen LogP contribution in [-0.4, -0.2) is 15.0 Å². The molecule has 4 heteroatoms. The van der Waals surface area contributed by atoms with Crippen LogP contribution in [0.5, 0.6) is 0 Å². The first-order valence-corrected chi connectivity index (χ1v) is 9.29. The highest BCUT2D eigenvalue weighted by molar-refractivity contribution is 5.87. The normalized spacial score (nSPS) is 10.9. The largest absolute Gasteiger partial charge is 0.265 e. The molecule has 3 nitrogen and oxygen atoms in total. The van der Waals surface area contributed by atoms with Crippen molar-refractivity contribution < 1.29 is 4.39 Å². The van der Waals surface area contributed by atoms with E-state index < -0.39 is 0 Å². The molecule has 29 heavy (non-hydrogen) atoms. The Morgan fingerprint density at radius 2 is 1.28 bits per heavy atom. The molecule has 0 saturated heterocycles. The minimum atomic E-state index is -0.235. The fourth-order valence-corrected chi connectivity index (χ4v) is 3.36. The van der Waals surface area contributed by atoms with E-state index in [1.165, 1.54) is 12.1 Å². The molecule has 0 radical (unpaired) electrons. The third-order valence-electron chi connectivity index (χ3n) is 4.93. The lowest BCUT2D eigenvalue weighted by atomic mass is 10.0. The number of hydrogen-bond acceptors (Lipinski definition) is 3. The van der Waals surface area contributed by atoms with Crippen LogP contribution in [-0.2, 0) is 0 Å². The van der Waals surface area contributed by atoms with Gasteiger partial charge >= 0.3 is 0 Å². The van der Waals surface area contributed by atoms with Gasteiger partial charge in [0.2, 0.25) is 0 Å². The number of nitrogens with zero attached hydrogens (tertiary/aromatic N) is 3. The van der Waals surface area contributed by atoms with Crippen molar-refractivity contribution in [2.24, 2.45) is 0 Å². The van der Waals surface area contributed by atoms with Gasteiger partial charge in [0, 0.05) is 46.9 Å². The lowest BCUT2D eigenvalue weighted by molar-refractivity contribution is 0.628. The zero-order valence-electron chi connectivity index (χ0n) is 15.5. The molecule has 0 bridgehead atoms. The Morgan fingerprint density at radius 3 is 2.03 bits per heavy atom. The van der Waals surface area contributed by atoms with E-state index in [0.717, 1.165) is 44.4 Å². The Bertz CT molecular complexity index is 1280. The van der Waals surface area contributed by atoms with Gasteiger partial charge in [-0.1, -0.05) is 30.3 Å². The van der Waals surface area contributed by atoms with Gasteiger partial charge in [-0.3, -0.25) is 15.0 Å². The number of fused-ring (bicyclic) bond motifs is 1. The second-order valence-electron chi connectivity index (χ2n) is 6.81. The van der Waals surface area contributed by atoms with Crippen LogP contribution in [0, 0.1) is 5.82 Å². The van der Waals surface area contributed by atoms with Gasteiger partial charge in [0.25, 0.3) is 0 Å². The number of benzene rings is 2. The smallest absolute Gasteiger partial charge is 0.123 e. The van der Waals surface area contributed by atoms with Crippen LogP contribution >= 0.6 is 0 Å². The van der Waals surface area contributed by atoms with E-state index in [-0.39, 0.29) is 5.82 Å². The summed E-state index contributed by atoms with van der Waals surface area (Å²) in [5, 5.41) is 1.05. The molecular weight excluding hydrogens is 361 g/mol. The number of pyridine rings is 3. The van der Waals surface area contributed by atoms with E-state index in [9.17, 15) is 4.39 Å². The fourth-order valence-electron chi connectivity index (χ4n) is 3.36. The first-order chi connectivity index (χ1) is 14.3. The van der Waals surface area contributed by atoms with Gasteiger partial charge < -0.3 is 0 Å². The van der Waals surface area contributed by atoms with E-state index in [4.69, 9.17) is 0 Å². The lowest BCUT2D eigenvalue weighted by Crippen LogP contribution is -1.88. The van der Waals surface area contributed by atoms with Crippen LogP contribution in [0.25, 0.3) is 44.4 Å². The zero-order valence-corrected chi connectivity index (χ0v) is 15.5. The molecule has 0 aliphatic heterocycles. The Balaban J connectivity index is 1.47. The standard InChI is InChI=1S/C25H16FN3/c26-23-6-3-17(4-7-23)19-1-2-20-13-22(16-29-25(20)14-19)21-5-8-24(28-15-21)18-9-11-27-12-10-18/h1-16H. The molecule has 0 fully saturated rings. The number of rotatable bonds is 3. The molecule has 0 saturated carbocycles. The van der Waals surface area contributed by atoms with Crippen LogP contribution < -0.4 is 0 Å². The Kier molecular flexibility index (Phi) is 4.30. The summed E-state index contributed by atoms with van der Waals surface area (Å²) in [5.74, 6) is -0.235. The fraction of sp³-hybridized carbons (Fsp3) is 0. The van der Waals surface area contributed by atoms with Crippen molar-refractivity contribution in [3.63, 3.8) is 0 Å². The molecule has 0 aliphatic carbocycles. The highest BCUT2D eigenvalue weighted by Gasteiger charge is 2.06. The predicted octanol–water partition coefficient (Wildman–Crippen LogP) is 6.16. The zero-order chi connectivity index (χ0) is 19.6. The van der Waals surface area contributed by atoms with Gasteiger partial charge in [-0.15, -0.1) is 0 Å². The molecule has 0 unspecified atom stereocenters. The quantitative estimate of drug-likeness (QED) is 0.378. The van der Waals surface area contributed by atoms with Crippen LogP contribution in [0.2, 0.25) is 0 Å². The number of halogens is 1. The molecule has 3 heterocycles. The lowest BCUT2D eigenvalue weighted by Gasteiger charge is -2.07. The summed E-state index contributed by atoms with van der Waals surface area (Å²) < 4.78 is 13.2. The summed E-state index contributed by atoms with van der Waals surface area (Å²) in [6, 6.07) is 22.7. The molecule has 2 aromatic carbocycles. The Labute approximate surface area is 167 Å². The maximum Gasteiger partial charge on any atom is 0.123 e. The summed E-state index contributed by atoms with van der Waals surface area (Å²) in [5.41, 5.74) is 6.86. The van der Waals surface area contributed by atoms with E-state index >= 15 is 0 Å². The summed E-state index contributed by atoms with van der Waals surface area (Å²) in [6.07, 6.45) is 7.25. The van der Waals surface area contributed by atoms with Gasteiger partial charge in [-0.05, 0) is 53.6 Å². The van der Waals surface area contributed by atoms with E-state index in [1.807, 2.05) is 48.8 Å². The molecule has 0 aliphatic rings. The number of aromatic nitrogens is 3. The molecule has 0 amide bonds. The predicted molar refractivity (Wildman–Crippen MR) is 114 cm³/mol. The van der Waals surface area contributed by atoms with E-state index in [0.29, 0.717) is 0 Å². The molecule has 3 aromatic heterocycles. The third kappa shape index (κ3) is 3.48. The van der Waals surface area contributed by atoms with Crippen molar-refractivity contribution >= 4 is 10.9 Å². The molecule has 138 valence electrons. The van der Waals surface area contributed by atoms with E-state index in [2.05, 4.69) is 27.1 Å². The second-order valence-corrected chi connectivity index (χ2v) is 6.81. The van der Waals surface area contributed by atoms with Crippen molar-refractivity contribution in [2.45, 2.75) is 0 Å².